The second kappa shape index (κ2) is 7.58. The third kappa shape index (κ3) is 3.77. The Hall–Kier alpha value is -2.57. The molecule has 3 heterocycles. The van der Waals surface area contributed by atoms with Crippen LogP contribution >= 0.6 is 22.9 Å². The van der Waals surface area contributed by atoms with E-state index in [-0.39, 0.29) is 5.91 Å². The Morgan fingerprint density at radius 3 is 2.85 bits per heavy atom. The number of rotatable bonds is 6. The predicted molar refractivity (Wildman–Crippen MR) is 111 cm³/mol. The van der Waals surface area contributed by atoms with E-state index in [2.05, 4.69) is 9.55 Å². The first-order valence-corrected chi connectivity index (χ1v) is 9.94. The van der Waals surface area contributed by atoms with Crippen LogP contribution in [0.3, 0.4) is 0 Å². The van der Waals surface area contributed by atoms with Crippen LogP contribution in [-0.4, -0.2) is 27.0 Å². The Morgan fingerprint density at radius 1 is 1.30 bits per heavy atom. The molecule has 1 N–H and O–H groups in total. The third-order valence-electron chi connectivity index (χ3n) is 4.41. The van der Waals surface area contributed by atoms with Crippen molar-refractivity contribution in [1.29, 1.82) is 0 Å². The topological polar surface area (TPSA) is 53.9 Å². The number of fused-ring (bicyclic) bond motifs is 1. The number of aromatic amines is 1. The molecular weight excluding hydrogens is 380 g/mol. The van der Waals surface area contributed by atoms with Gasteiger partial charge >= 0.3 is 0 Å². The van der Waals surface area contributed by atoms with Crippen LogP contribution in [0.1, 0.15) is 22.5 Å². The predicted octanol–water partition coefficient (Wildman–Crippen LogP) is 5.12. The van der Waals surface area contributed by atoms with Crippen molar-refractivity contribution in [2.45, 2.75) is 19.9 Å². The number of aryl methyl sites for hydroxylation is 2. The molecule has 0 radical (unpaired) electrons. The standard InChI is InChI=1S/C20H19ClN4OS/c1-14-12-15(21)13-17-18(14)23-20(27-17)25(19(26)16-6-4-7-22-16)11-5-10-24-8-2-3-9-24/h2-4,6-9,12-13,22H,5,10-11H2,1H3. The Bertz CT molecular complexity index is 1050. The van der Waals surface area contributed by atoms with Gasteiger partial charge in [0.25, 0.3) is 5.91 Å². The van der Waals surface area contributed by atoms with Gasteiger partial charge < -0.3 is 9.55 Å². The van der Waals surface area contributed by atoms with Crippen LogP contribution in [0.5, 0.6) is 0 Å². The summed E-state index contributed by atoms with van der Waals surface area (Å²) in [5, 5.41) is 1.38. The smallest absolute Gasteiger partial charge is 0.276 e. The van der Waals surface area contributed by atoms with E-state index in [0.29, 0.717) is 22.4 Å². The SMILES string of the molecule is Cc1cc(Cl)cc2sc(N(CCCn3cccc3)C(=O)c3ccc[nH]3)nc12. The van der Waals surface area contributed by atoms with Gasteiger partial charge in [0.1, 0.15) is 5.69 Å². The lowest BCUT2D eigenvalue weighted by molar-refractivity contribution is 0.0982. The highest BCUT2D eigenvalue weighted by molar-refractivity contribution is 7.22. The van der Waals surface area contributed by atoms with Gasteiger partial charge in [-0.15, -0.1) is 0 Å². The van der Waals surface area contributed by atoms with Gasteiger partial charge in [-0.2, -0.15) is 0 Å². The van der Waals surface area contributed by atoms with Gasteiger partial charge in [0, 0.05) is 36.7 Å². The number of thiazole rings is 1. The highest BCUT2D eigenvalue weighted by atomic mass is 35.5. The highest BCUT2D eigenvalue weighted by Crippen LogP contribution is 2.33. The minimum absolute atomic E-state index is 0.0738. The molecule has 0 aliphatic rings. The molecule has 0 fully saturated rings. The van der Waals surface area contributed by atoms with E-state index in [1.807, 2.05) is 49.6 Å². The fourth-order valence-electron chi connectivity index (χ4n) is 3.08. The summed E-state index contributed by atoms with van der Waals surface area (Å²) in [6, 6.07) is 11.4. The zero-order valence-corrected chi connectivity index (χ0v) is 16.4. The Morgan fingerprint density at radius 2 is 2.11 bits per heavy atom. The van der Waals surface area contributed by atoms with E-state index < -0.39 is 0 Å². The van der Waals surface area contributed by atoms with E-state index in [4.69, 9.17) is 16.6 Å². The van der Waals surface area contributed by atoms with E-state index >= 15 is 0 Å². The molecule has 0 aliphatic heterocycles. The van der Waals surface area contributed by atoms with Gasteiger partial charge in [0.05, 0.1) is 10.2 Å². The zero-order valence-electron chi connectivity index (χ0n) is 14.9. The fourth-order valence-corrected chi connectivity index (χ4v) is 4.53. The van der Waals surface area contributed by atoms with Crippen molar-refractivity contribution in [2.24, 2.45) is 0 Å². The first-order valence-electron chi connectivity index (χ1n) is 8.74. The average molecular weight is 399 g/mol. The van der Waals surface area contributed by atoms with Crippen LogP contribution in [0.25, 0.3) is 10.2 Å². The van der Waals surface area contributed by atoms with Crippen molar-refractivity contribution in [2.75, 3.05) is 11.4 Å². The fraction of sp³-hybridized carbons (Fsp3) is 0.200. The largest absolute Gasteiger partial charge is 0.357 e. The van der Waals surface area contributed by atoms with E-state index in [0.717, 1.165) is 28.7 Å². The number of H-pyrrole nitrogens is 1. The lowest BCUT2D eigenvalue weighted by Gasteiger charge is -2.19. The van der Waals surface area contributed by atoms with Gasteiger partial charge in [0.2, 0.25) is 0 Å². The lowest BCUT2D eigenvalue weighted by atomic mass is 10.2. The molecule has 4 rings (SSSR count). The number of benzene rings is 1. The summed E-state index contributed by atoms with van der Waals surface area (Å²) in [5.41, 5.74) is 2.47. The van der Waals surface area contributed by atoms with Crippen LogP contribution in [0.4, 0.5) is 5.13 Å². The summed E-state index contributed by atoms with van der Waals surface area (Å²) in [5.74, 6) is -0.0738. The minimum atomic E-state index is -0.0738. The molecule has 0 saturated carbocycles. The summed E-state index contributed by atoms with van der Waals surface area (Å²) in [4.78, 5) is 22.6. The molecule has 138 valence electrons. The maximum atomic E-state index is 13.1. The molecule has 0 saturated heterocycles. The van der Waals surface area contributed by atoms with Gasteiger partial charge in [-0.25, -0.2) is 4.98 Å². The molecule has 5 nitrogen and oxygen atoms in total. The second-order valence-corrected chi connectivity index (χ2v) is 7.83. The summed E-state index contributed by atoms with van der Waals surface area (Å²) < 4.78 is 3.10. The number of carbonyl (C=O) groups excluding carboxylic acids is 1. The van der Waals surface area contributed by atoms with Gasteiger partial charge in [0.15, 0.2) is 5.13 Å². The second-order valence-electron chi connectivity index (χ2n) is 6.38. The van der Waals surface area contributed by atoms with Gasteiger partial charge in [-0.1, -0.05) is 22.9 Å². The molecule has 4 aromatic rings. The van der Waals surface area contributed by atoms with Crippen molar-refractivity contribution in [1.82, 2.24) is 14.5 Å². The number of halogens is 1. The summed E-state index contributed by atoms with van der Waals surface area (Å²) in [6.07, 6.45) is 6.64. The van der Waals surface area contributed by atoms with Crippen molar-refractivity contribution in [3.63, 3.8) is 0 Å². The molecular formula is C20H19ClN4OS. The normalized spacial score (nSPS) is 11.2. The summed E-state index contributed by atoms with van der Waals surface area (Å²) in [7, 11) is 0. The molecule has 27 heavy (non-hydrogen) atoms. The van der Waals surface area contributed by atoms with Crippen LogP contribution in [-0.2, 0) is 6.54 Å². The number of anilines is 1. The number of nitrogens with one attached hydrogen (secondary N) is 1. The highest BCUT2D eigenvalue weighted by Gasteiger charge is 2.22. The number of nitrogens with zero attached hydrogens (tertiary/aromatic N) is 3. The number of hydrogen-bond acceptors (Lipinski definition) is 3. The molecule has 3 aromatic heterocycles. The monoisotopic (exact) mass is 398 g/mol. The molecule has 1 amide bonds. The van der Waals surface area contributed by atoms with Gasteiger partial charge in [-0.05, 0) is 55.3 Å². The number of carbonyl (C=O) groups is 1. The van der Waals surface area contributed by atoms with Crippen molar-refractivity contribution in [3.05, 3.63) is 71.3 Å². The van der Waals surface area contributed by atoms with Crippen LogP contribution in [0.2, 0.25) is 5.02 Å². The molecule has 0 bridgehead atoms. The number of amides is 1. The van der Waals surface area contributed by atoms with Crippen molar-refractivity contribution >= 4 is 44.2 Å². The molecule has 0 atom stereocenters. The summed E-state index contributed by atoms with van der Waals surface area (Å²) >= 11 is 7.68. The van der Waals surface area contributed by atoms with E-state index in [1.165, 1.54) is 11.3 Å². The Labute approximate surface area is 166 Å². The van der Waals surface area contributed by atoms with Crippen molar-refractivity contribution in [3.8, 4) is 0 Å². The maximum Gasteiger partial charge on any atom is 0.276 e. The number of hydrogen-bond donors (Lipinski definition) is 1. The van der Waals surface area contributed by atoms with Crippen LogP contribution in [0, 0.1) is 6.92 Å². The maximum absolute atomic E-state index is 13.1. The van der Waals surface area contributed by atoms with Crippen LogP contribution in [0.15, 0.2) is 55.0 Å². The zero-order chi connectivity index (χ0) is 18.8. The van der Waals surface area contributed by atoms with Crippen molar-refractivity contribution < 1.29 is 4.79 Å². The molecule has 0 spiro atoms. The Balaban J connectivity index is 1.64. The third-order valence-corrected chi connectivity index (χ3v) is 5.65. The van der Waals surface area contributed by atoms with E-state index in [1.54, 1.807) is 17.2 Å². The first-order chi connectivity index (χ1) is 13.1. The molecule has 7 heteroatoms. The lowest BCUT2D eigenvalue weighted by Crippen LogP contribution is -2.32. The molecule has 0 aliphatic carbocycles. The summed E-state index contributed by atoms with van der Waals surface area (Å²) in [6.45, 7) is 3.42. The van der Waals surface area contributed by atoms with Gasteiger partial charge in [-0.3, -0.25) is 9.69 Å². The quantitative estimate of drug-likeness (QED) is 0.489. The van der Waals surface area contributed by atoms with Crippen LogP contribution < -0.4 is 4.90 Å². The van der Waals surface area contributed by atoms with E-state index in [9.17, 15) is 4.79 Å². The molecule has 1 aromatic carbocycles. The number of aromatic nitrogens is 3. The first kappa shape index (κ1) is 17.8. The average Bonchev–Trinajstić information content (AvgIpc) is 3.38. The minimum Gasteiger partial charge on any atom is -0.357 e. The molecule has 0 unspecified atom stereocenters. The Kier molecular flexibility index (Phi) is 5.01.